The van der Waals surface area contributed by atoms with Crippen LogP contribution in [0.25, 0.3) is 0 Å². The lowest BCUT2D eigenvalue weighted by Crippen LogP contribution is -2.39. The number of rotatable bonds is 6. The van der Waals surface area contributed by atoms with Crippen LogP contribution in [-0.2, 0) is 16.1 Å². The van der Waals surface area contributed by atoms with Crippen molar-refractivity contribution in [3.8, 4) is 0 Å². The number of fused-ring (bicyclic) bond motifs is 1. The van der Waals surface area contributed by atoms with Gasteiger partial charge in [-0.15, -0.1) is 22.0 Å². The van der Waals surface area contributed by atoms with Crippen LogP contribution in [0.15, 0.2) is 64.6 Å². The molecule has 0 spiro atoms. The molecule has 33 heavy (non-hydrogen) atoms. The third-order valence-corrected chi connectivity index (χ3v) is 8.01. The predicted octanol–water partition coefficient (Wildman–Crippen LogP) is 4.11. The number of hydrogen-bond acceptors (Lipinski definition) is 7. The van der Waals surface area contributed by atoms with Gasteiger partial charge < -0.3 is 14.5 Å². The number of thioether (sulfide) groups is 2. The molecule has 9 heteroatoms. The van der Waals surface area contributed by atoms with E-state index in [1.165, 1.54) is 11.8 Å². The monoisotopic (exact) mass is 481 g/mol. The highest BCUT2D eigenvalue weighted by Gasteiger charge is 2.32. The predicted molar refractivity (Wildman–Crippen MR) is 133 cm³/mol. The van der Waals surface area contributed by atoms with E-state index in [0.29, 0.717) is 19.0 Å². The lowest BCUT2D eigenvalue weighted by molar-refractivity contribution is -0.116. The Morgan fingerprint density at radius 3 is 2.64 bits per heavy atom. The lowest BCUT2D eigenvalue weighted by Gasteiger charge is -2.37. The first-order chi connectivity index (χ1) is 16.3. The average Bonchev–Trinajstić information content (AvgIpc) is 3.30. The maximum atomic E-state index is 13.6. The molecule has 3 heterocycles. The van der Waals surface area contributed by atoms with E-state index >= 15 is 0 Å². The fourth-order valence-electron chi connectivity index (χ4n) is 4.28. The summed E-state index contributed by atoms with van der Waals surface area (Å²) in [7, 11) is 0. The number of amides is 1. The van der Waals surface area contributed by atoms with E-state index in [1.807, 2.05) is 53.1 Å². The molecule has 0 radical (unpaired) electrons. The first-order valence-electron chi connectivity index (χ1n) is 11.2. The van der Waals surface area contributed by atoms with Gasteiger partial charge in [0.2, 0.25) is 11.9 Å². The minimum absolute atomic E-state index is 0.00663. The normalized spacial score (nSPS) is 18.3. The Hall–Kier alpha value is -2.49. The molecule has 0 saturated carbocycles. The zero-order valence-electron chi connectivity index (χ0n) is 18.6. The topological polar surface area (TPSA) is 63.5 Å². The molecule has 172 valence electrons. The first-order valence-corrected chi connectivity index (χ1v) is 13.2. The van der Waals surface area contributed by atoms with Gasteiger partial charge in [-0.3, -0.25) is 9.36 Å². The molecule has 2 aromatic carbocycles. The van der Waals surface area contributed by atoms with Crippen LogP contribution in [-0.4, -0.2) is 58.5 Å². The van der Waals surface area contributed by atoms with Crippen LogP contribution in [0.3, 0.4) is 0 Å². The largest absolute Gasteiger partial charge is 0.378 e. The van der Waals surface area contributed by atoms with Crippen LogP contribution in [0.1, 0.15) is 18.5 Å². The summed E-state index contributed by atoms with van der Waals surface area (Å²) in [6.45, 7) is 5.86. The lowest BCUT2D eigenvalue weighted by atomic mass is 10.1. The van der Waals surface area contributed by atoms with Crippen LogP contribution in [0.4, 0.5) is 11.6 Å². The van der Waals surface area contributed by atoms with Crippen molar-refractivity contribution in [1.29, 1.82) is 0 Å². The summed E-state index contributed by atoms with van der Waals surface area (Å²) in [6, 6.07) is 18.5. The highest BCUT2D eigenvalue weighted by atomic mass is 32.2. The Morgan fingerprint density at radius 2 is 1.85 bits per heavy atom. The van der Waals surface area contributed by atoms with Gasteiger partial charge in [0, 0.05) is 30.3 Å². The van der Waals surface area contributed by atoms with Gasteiger partial charge in [0.05, 0.1) is 30.7 Å². The molecular formula is C24H27N5O2S2. The second-order valence-electron chi connectivity index (χ2n) is 7.88. The number of hydrogen-bond donors (Lipinski definition) is 0. The highest BCUT2D eigenvalue weighted by molar-refractivity contribution is 8.00. The second-order valence-corrected chi connectivity index (χ2v) is 9.89. The van der Waals surface area contributed by atoms with Crippen molar-refractivity contribution in [1.82, 2.24) is 14.8 Å². The molecule has 1 saturated heterocycles. The van der Waals surface area contributed by atoms with Crippen molar-refractivity contribution < 1.29 is 9.53 Å². The number of carbonyl (C=O) groups excluding carboxylic acids is 1. The van der Waals surface area contributed by atoms with Crippen LogP contribution in [0, 0.1) is 0 Å². The number of carbonyl (C=O) groups is 1. The maximum absolute atomic E-state index is 13.6. The van der Waals surface area contributed by atoms with Crippen molar-refractivity contribution in [2.24, 2.45) is 0 Å². The molecule has 1 fully saturated rings. The quantitative estimate of drug-likeness (QED) is 0.491. The molecule has 2 aliphatic rings. The van der Waals surface area contributed by atoms with Crippen LogP contribution in [0.5, 0.6) is 0 Å². The van der Waals surface area contributed by atoms with Crippen LogP contribution in [0.2, 0.25) is 0 Å². The van der Waals surface area contributed by atoms with E-state index in [9.17, 15) is 4.79 Å². The van der Waals surface area contributed by atoms with Crippen molar-refractivity contribution in [2.75, 3.05) is 47.6 Å². The smallest absolute Gasteiger partial charge is 0.238 e. The van der Waals surface area contributed by atoms with Gasteiger partial charge in [0.1, 0.15) is 0 Å². The summed E-state index contributed by atoms with van der Waals surface area (Å²) < 4.78 is 7.56. The molecule has 0 unspecified atom stereocenters. The van der Waals surface area contributed by atoms with Gasteiger partial charge in [0.25, 0.3) is 0 Å². The average molecular weight is 482 g/mol. The summed E-state index contributed by atoms with van der Waals surface area (Å²) in [5.41, 5.74) is 2.14. The molecule has 3 aromatic rings. The number of para-hydroxylation sites is 1. The van der Waals surface area contributed by atoms with Gasteiger partial charge in [-0.1, -0.05) is 54.2 Å². The Morgan fingerprint density at radius 1 is 1.09 bits per heavy atom. The van der Waals surface area contributed by atoms with Gasteiger partial charge in [-0.05, 0) is 24.6 Å². The molecule has 5 rings (SSSR count). The first kappa shape index (κ1) is 22.3. The summed E-state index contributed by atoms with van der Waals surface area (Å²) in [5.74, 6) is 2.09. The van der Waals surface area contributed by atoms with E-state index in [2.05, 4.69) is 44.8 Å². The summed E-state index contributed by atoms with van der Waals surface area (Å²) in [6.07, 6.45) is 0. The molecule has 0 aliphatic carbocycles. The van der Waals surface area contributed by atoms with Crippen molar-refractivity contribution >= 4 is 41.1 Å². The molecule has 1 amide bonds. The van der Waals surface area contributed by atoms with Gasteiger partial charge in [-0.25, -0.2) is 0 Å². The maximum Gasteiger partial charge on any atom is 0.238 e. The van der Waals surface area contributed by atoms with E-state index < -0.39 is 0 Å². The zero-order valence-corrected chi connectivity index (χ0v) is 20.2. The van der Waals surface area contributed by atoms with E-state index in [-0.39, 0.29) is 11.9 Å². The third-order valence-electron chi connectivity index (χ3n) is 5.92. The summed E-state index contributed by atoms with van der Waals surface area (Å²) >= 11 is 3.27. The Kier molecular flexibility index (Phi) is 6.89. The molecule has 7 nitrogen and oxygen atoms in total. The van der Waals surface area contributed by atoms with E-state index in [1.54, 1.807) is 0 Å². The van der Waals surface area contributed by atoms with Gasteiger partial charge >= 0.3 is 0 Å². The number of aromatic nitrogens is 3. The zero-order chi connectivity index (χ0) is 22.6. The van der Waals surface area contributed by atoms with Gasteiger partial charge in [-0.2, -0.15) is 0 Å². The SMILES string of the molecule is CCn1c(SCC(=O)N2c3ccccc3SC[C@@H]2c2ccccc2)nnc1N1CCOCC1. The Labute approximate surface area is 202 Å². The molecule has 0 N–H and O–H groups in total. The van der Waals surface area contributed by atoms with E-state index in [0.717, 1.165) is 52.6 Å². The molecular weight excluding hydrogens is 454 g/mol. The Balaban J connectivity index is 1.37. The minimum atomic E-state index is 0.00663. The summed E-state index contributed by atoms with van der Waals surface area (Å²) in [4.78, 5) is 19.0. The number of morpholine rings is 1. The minimum Gasteiger partial charge on any atom is -0.378 e. The van der Waals surface area contributed by atoms with Gasteiger partial charge in [0.15, 0.2) is 5.16 Å². The molecule has 1 aromatic heterocycles. The van der Waals surface area contributed by atoms with E-state index in [4.69, 9.17) is 4.74 Å². The highest BCUT2D eigenvalue weighted by Crippen LogP contribution is 2.43. The number of anilines is 2. The molecule has 2 aliphatic heterocycles. The molecule has 1 atom stereocenters. The third kappa shape index (κ3) is 4.62. The number of nitrogens with zero attached hydrogens (tertiary/aromatic N) is 5. The fourth-order valence-corrected chi connectivity index (χ4v) is 6.30. The van der Waals surface area contributed by atoms with Crippen molar-refractivity contribution in [2.45, 2.75) is 29.6 Å². The summed E-state index contributed by atoms with van der Waals surface area (Å²) in [5, 5.41) is 9.63. The number of ether oxygens (including phenoxy) is 1. The van der Waals surface area contributed by atoms with Crippen LogP contribution >= 0.6 is 23.5 Å². The van der Waals surface area contributed by atoms with Crippen molar-refractivity contribution in [3.05, 3.63) is 60.2 Å². The second kappa shape index (κ2) is 10.2. The van der Waals surface area contributed by atoms with Crippen LogP contribution < -0.4 is 9.80 Å². The standard InChI is InChI=1S/C24H27N5O2S2/c1-2-28-23(27-12-14-31-15-13-27)25-26-24(28)33-17-22(30)29-19-10-6-7-11-21(19)32-16-20(29)18-8-4-3-5-9-18/h3-11,20H,2,12-17H2,1H3/t20-/m1/s1. The fraction of sp³-hybridized carbons (Fsp3) is 0.375. The number of benzene rings is 2. The molecule has 0 bridgehead atoms. The Bertz CT molecular complexity index is 1100. The van der Waals surface area contributed by atoms with Crippen molar-refractivity contribution in [3.63, 3.8) is 0 Å².